The Bertz CT molecular complexity index is 405. The van der Waals surface area contributed by atoms with E-state index < -0.39 is 0 Å². The van der Waals surface area contributed by atoms with Crippen LogP contribution in [0.2, 0.25) is 0 Å². The van der Waals surface area contributed by atoms with Crippen molar-refractivity contribution in [3.63, 3.8) is 0 Å². The molecule has 1 aliphatic heterocycles. The van der Waals surface area contributed by atoms with Gasteiger partial charge in [0.15, 0.2) is 5.96 Å². The SMILES string of the molecule is CCNC(=NCC(C)c1ccsc1)N1CC[C@@H](O)C1. The summed E-state index contributed by atoms with van der Waals surface area (Å²) in [5, 5.41) is 17.2. The summed E-state index contributed by atoms with van der Waals surface area (Å²) in [4.78, 5) is 6.86. The fourth-order valence-corrected chi connectivity index (χ4v) is 3.03. The first-order valence-corrected chi connectivity index (χ1v) is 7.88. The molecule has 1 unspecified atom stereocenters. The lowest BCUT2D eigenvalue weighted by Crippen LogP contribution is -2.40. The van der Waals surface area contributed by atoms with Crippen LogP contribution in [0.1, 0.15) is 31.7 Å². The first kappa shape index (κ1) is 14.3. The standard InChI is InChI=1S/C14H23N3OS/c1-3-15-14(17-6-4-13(18)9-17)16-8-11(2)12-5-7-19-10-12/h5,7,10-11,13,18H,3-4,6,8-9H2,1-2H3,(H,15,16)/t11?,13-/m1/s1. The fourth-order valence-electron chi connectivity index (χ4n) is 2.24. The molecule has 1 aromatic heterocycles. The summed E-state index contributed by atoms with van der Waals surface area (Å²) in [5.41, 5.74) is 1.35. The quantitative estimate of drug-likeness (QED) is 0.654. The van der Waals surface area contributed by atoms with Crippen molar-refractivity contribution in [1.82, 2.24) is 10.2 Å². The molecule has 1 fully saturated rings. The van der Waals surface area contributed by atoms with E-state index in [9.17, 15) is 5.11 Å². The minimum absolute atomic E-state index is 0.210. The normalized spacial score (nSPS) is 21.7. The van der Waals surface area contributed by atoms with Gasteiger partial charge in [-0.2, -0.15) is 11.3 Å². The van der Waals surface area contributed by atoms with Crippen molar-refractivity contribution in [2.24, 2.45) is 4.99 Å². The van der Waals surface area contributed by atoms with E-state index in [1.807, 2.05) is 0 Å². The second-order valence-corrected chi connectivity index (χ2v) is 5.82. The van der Waals surface area contributed by atoms with Crippen LogP contribution >= 0.6 is 11.3 Å². The van der Waals surface area contributed by atoms with Gasteiger partial charge in [0.25, 0.3) is 0 Å². The van der Waals surface area contributed by atoms with Gasteiger partial charge in [-0.25, -0.2) is 0 Å². The van der Waals surface area contributed by atoms with Gasteiger partial charge in [0.1, 0.15) is 0 Å². The van der Waals surface area contributed by atoms with Crippen molar-refractivity contribution in [1.29, 1.82) is 0 Å². The molecule has 0 spiro atoms. The summed E-state index contributed by atoms with van der Waals surface area (Å²) in [6, 6.07) is 2.16. The predicted octanol–water partition coefficient (Wildman–Crippen LogP) is 1.88. The second-order valence-electron chi connectivity index (χ2n) is 5.04. The maximum Gasteiger partial charge on any atom is 0.194 e. The second kappa shape index (κ2) is 6.91. The van der Waals surface area contributed by atoms with E-state index in [-0.39, 0.29) is 6.10 Å². The van der Waals surface area contributed by atoms with Gasteiger partial charge in [-0.05, 0) is 35.7 Å². The molecule has 2 atom stereocenters. The van der Waals surface area contributed by atoms with E-state index in [4.69, 9.17) is 4.99 Å². The highest BCUT2D eigenvalue weighted by molar-refractivity contribution is 7.07. The molecule has 0 aromatic carbocycles. The van der Waals surface area contributed by atoms with Crippen LogP contribution in [0.4, 0.5) is 0 Å². The number of nitrogens with zero attached hydrogens (tertiary/aromatic N) is 2. The summed E-state index contributed by atoms with van der Waals surface area (Å²) in [7, 11) is 0. The highest BCUT2D eigenvalue weighted by Crippen LogP contribution is 2.18. The Morgan fingerprint density at radius 3 is 3.11 bits per heavy atom. The Hall–Kier alpha value is -1.07. The van der Waals surface area contributed by atoms with Crippen molar-refractivity contribution >= 4 is 17.3 Å². The molecule has 4 nitrogen and oxygen atoms in total. The van der Waals surface area contributed by atoms with E-state index in [2.05, 4.69) is 40.9 Å². The van der Waals surface area contributed by atoms with E-state index >= 15 is 0 Å². The maximum absolute atomic E-state index is 9.62. The zero-order chi connectivity index (χ0) is 13.7. The minimum atomic E-state index is -0.210. The molecular weight excluding hydrogens is 258 g/mol. The van der Waals surface area contributed by atoms with Crippen LogP contribution < -0.4 is 5.32 Å². The number of nitrogens with one attached hydrogen (secondary N) is 1. The Balaban J connectivity index is 1.96. The molecule has 1 aromatic rings. The highest BCUT2D eigenvalue weighted by atomic mass is 32.1. The van der Waals surface area contributed by atoms with Crippen LogP contribution in [0, 0.1) is 0 Å². The summed E-state index contributed by atoms with van der Waals surface area (Å²) >= 11 is 1.73. The van der Waals surface area contributed by atoms with Crippen LogP contribution in [-0.4, -0.2) is 48.2 Å². The van der Waals surface area contributed by atoms with E-state index in [0.717, 1.165) is 32.0 Å². The molecule has 0 saturated carbocycles. The molecule has 0 aliphatic carbocycles. The monoisotopic (exact) mass is 281 g/mol. The lowest BCUT2D eigenvalue weighted by molar-refractivity contribution is 0.188. The predicted molar refractivity (Wildman–Crippen MR) is 80.9 cm³/mol. The Morgan fingerprint density at radius 2 is 2.53 bits per heavy atom. The molecule has 2 rings (SSSR count). The number of aliphatic imine (C=N–C) groups is 1. The highest BCUT2D eigenvalue weighted by Gasteiger charge is 2.22. The topological polar surface area (TPSA) is 47.9 Å². The Morgan fingerprint density at radius 1 is 1.68 bits per heavy atom. The number of β-amino-alcohol motifs (C(OH)–C–C–N with tert-alkyl or cyclic N) is 1. The van der Waals surface area contributed by atoms with Crippen molar-refractivity contribution in [2.75, 3.05) is 26.2 Å². The third-order valence-electron chi connectivity index (χ3n) is 3.42. The Kier molecular flexibility index (Phi) is 5.22. The number of likely N-dealkylation sites (tertiary alicyclic amines) is 1. The van der Waals surface area contributed by atoms with E-state index in [0.29, 0.717) is 12.5 Å². The Labute approximate surface area is 119 Å². The number of aliphatic hydroxyl groups excluding tert-OH is 1. The van der Waals surface area contributed by atoms with Gasteiger partial charge in [-0.15, -0.1) is 0 Å². The van der Waals surface area contributed by atoms with Gasteiger partial charge in [0.2, 0.25) is 0 Å². The van der Waals surface area contributed by atoms with Crippen molar-refractivity contribution in [3.8, 4) is 0 Å². The molecule has 5 heteroatoms. The molecule has 19 heavy (non-hydrogen) atoms. The minimum Gasteiger partial charge on any atom is -0.391 e. The summed E-state index contributed by atoms with van der Waals surface area (Å²) in [6.07, 6.45) is 0.628. The van der Waals surface area contributed by atoms with Gasteiger partial charge in [-0.1, -0.05) is 6.92 Å². The van der Waals surface area contributed by atoms with Crippen molar-refractivity contribution < 1.29 is 5.11 Å². The van der Waals surface area contributed by atoms with Gasteiger partial charge in [-0.3, -0.25) is 4.99 Å². The first-order chi connectivity index (χ1) is 9.20. The molecule has 0 radical (unpaired) electrons. The molecular formula is C14H23N3OS. The van der Waals surface area contributed by atoms with Crippen LogP contribution in [0.5, 0.6) is 0 Å². The molecule has 106 valence electrons. The number of guanidine groups is 1. The average molecular weight is 281 g/mol. The lowest BCUT2D eigenvalue weighted by Gasteiger charge is -2.21. The van der Waals surface area contributed by atoms with Crippen LogP contribution in [0.3, 0.4) is 0 Å². The molecule has 1 aliphatic rings. The van der Waals surface area contributed by atoms with Gasteiger partial charge >= 0.3 is 0 Å². The third-order valence-corrected chi connectivity index (χ3v) is 4.13. The van der Waals surface area contributed by atoms with Crippen LogP contribution in [0.15, 0.2) is 21.8 Å². The molecule has 1 saturated heterocycles. The maximum atomic E-state index is 9.62. The zero-order valence-corrected chi connectivity index (χ0v) is 12.5. The number of rotatable bonds is 4. The molecule has 0 bridgehead atoms. The van der Waals surface area contributed by atoms with Crippen molar-refractivity contribution in [3.05, 3.63) is 22.4 Å². The lowest BCUT2D eigenvalue weighted by atomic mass is 10.1. The number of thiophene rings is 1. The number of aliphatic hydroxyl groups is 1. The largest absolute Gasteiger partial charge is 0.391 e. The summed E-state index contributed by atoms with van der Waals surface area (Å²) in [6.45, 7) is 7.50. The first-order valence-electron chi connectivity index (χ1n) is 6.94. The van der Waals surface area contributed by atoms with E-state index in [1.54, 1.807) is 11.3 Å². The third kappa shape index (κ3) is 3.94. The molecule has 2 N–H and O–H groups in total. The van der Waals surface area contributed by atoms with Crippen LogP contribution in [-0.2, 0) is 0 Å². The van der Waals surface area contributed by atoms with Crippen LogP contribution in [0.25, 0.3) is 0 Å². The van der Waals surface area contributed by atoms with Gasteiger partial charge in [0, 0.05) is 32.1 Å². The zero-order valence-electron chi connectivity index (χ0n) is 11.7. The fraction of sp³-hybridized carbons (Fsp3) is 0.643. The molecule has 0 amide bonds. The van der Waals surface area contributed by atoms with Gasteiger partial charge < -0.3 is 15.3 Å². The summed E-state index contributed by atoms with van der Waals surface area (Å²) in [5.74, 6) is 1.37. The molecule has 2 heterocycles. The van der Waals surface area contributed by atoms with E-state index in [1.165, 1.54) is 5.56 Å². The summed E-state index contributed by atoms with van der Waals surface area (Å²) < 4.78 is 0. The van der Waals surface area contributed by atoms with Gasteiger partial charge in [0.05, 0.1) is 6.10 Å². The number of hydrogen-bond donors (Lipinski definition) is 2. The van der Waals surface area contributed by atoms with Crippen molar-refractivity contribution in [2.45, 2.75) is 32.3 Å². The average Bonchev–Trinajstić information content (AvgIpc) is 3.05. The number of hydrogen-bond acceptors (Lipinski definition) is 3. The smallest absolute Gasteiger partial charge is 0.194 e.